The number of amides is 1. The van der Waals surface area contributed by atoms with Crippen LogP contribution in [0.3, 0.4) is 0 Å². The second kappa shape index (κ2) is 9.91. The van der Waals surface area contributed by atoms with Gasteiger partial charge in [0.1, 0.15) is 5.56 Å². The van der Waals surface area contributed by atoms with Crippen molar-refractivity contribution < 1.29 is 4.79 Å². The van der Waals surface area contributed by atoms with E-state index in [2.05, 4.69) is 16.8 Å². The molecule has 1 aliphatic rings. The van der Waals surface area contributed by atoms with Gasteiger partial charge in [0, 0.05) is 29.7 Å². The summed E-state index contributed by atoms with van der Waals surface area (Å²) in [6.07, 6.45) is 9.14. The lowest BCUT2D eigenvalue weighted by atomic mass is 9.89. The van der Waals surface area contributed by atoms with E-state index in [9.17, 15) is 9.59 Å². The lowest BCUT2D eigenvalue weighted by Gasteiger charge is -2.27. The van der Waals surface area contributed by atoms with E-state index in [0.29, 0.717) is 11.5 Å². The lowest BCUT2D eigenvalue weighted by Crippen LogP contribution is -2.30. The quantitative estimate of drug-likeness (QED) is 0.660. The van der Waals surface area contributed by atoms with Gasteiger partial charge < -0.3 is 9.88 Å². The minimum atomic E-state index is -0.284. The molecule has 0 saturated heterocycles. The first-order valence-electron chi connectivity index (χ1n) is 11.1. The van der Waals surface area contributed by atoms with E-state index in [4.69, 9.17) is 0 Å². The molecule has 1 aromatic carbocycles. The smallest absolute Gasteiger partial charge is 0.261 e. The van der Waals surface area contributed by atoms with Crippen molar-refractivity contribution in [2.45, 2.75) is 78.7 Å². The summed E-state index contributed by atoms with van der Waals surface area (Å²) in [6, 6.07) is 9.33. The van der Waals surface area contributed by atoms with Crippen molar-refractivity contribution >= 4 is 11.6 Å². The maximum absolute atomic E-state index is 13.2. The van der Waals surface area contributed by atoms with Crippen molar-refractivity contribution in [3.05, 3.63) is 63.1 Å². The zero-order valence-electron chi connectivity index (χ0n) is 18.1. The number of hydrogen-bond acceptors (Lipinski definition) is 2. The van der Waals surface area contributed by atoms with Crippen LogP contribution in [0.25, 0.3) is 0 Å². The molecule has 1 heterocycles. The molecule has 4 nitrogen and oxygen atoms in total. The molecule has 0 atom stereocenters. The van der Waals surface area contributed by atoms with Gasteiger partial charge in [0.2, 0.25) is 0 Å². The third kappa shape index (κ3) is 5.17. The van der Waals surface area contributed by atoms with Gasteiger partial charge in [-0.3, -0.25) is 9.59 Å². The number of aromatic nitrogens is 1. The highest BCUT2D eigenvalue weighted by atomic mass is 16.2. The predicted molar refractivity (Wildman–Crippen MR) is 120 cm³/mol. The van der Waals surface area contributed by atoms with Crippen LogP contribution < -0.4 is 10.7 Å². The molecule has 1 fully saturated rings. The topological polar surface area (TPSA) is 51.1 Å². The van der Waals surface area contributed by atoms with Crippen LogP contribution in [0.5, 0.6) is 0 Å². The van der Waals surface area contributed by atoms with Crippen molar-refractivity contribution in [2.75, 3.05) is 5.32 Å². The Hall–Kier alpha value is -2.36. The van der Waals surface area contributed by atoms with Gasteiger partial charge in [0.15, 0.2) is 5.43 Å². The third-order valence-corrected chi connectivity index (χ3v) is 6.18. The molecule has 4 heteroatoms. The number of hydrogen-bond donors (Lipinski definition) is 1. The number of rotatable bonds is 7. The summed E-state index contributed by atoms with van der Waals surface area (Å²) in [7, 11) is 0. The van der Waals surface area contributed by atoms with Crippen molar-refractivity contribution in [1.82, 2.24) is 4.57 Å². The Labute approximate surface area is 174 Å². The number of unbranched alkanes of at least 4 members (excludes halogenated alkanes) is 1. The van der Waals surface area contributed by atoms with Gasteiger partial charge in [-0.1, -0.05) is 50.8 Å². The van der Waals surface area contributed by atoms with Crippen LogP contribution in [0.15, 0.2) is 35.1 Å². The molecule has 0 aliphatic heterocycles. The molecule has 156 valence electrons. The molecule has 0 bridgehead atoms. The molecule has 1 N–H and O–H groups in total. The average Bonchev–Trinajstić information content (AvgIpc) is 2.71. The second-order valence-corrected chi connectivity index (χ2v) is 8.46. The van der Waals surface area contributed by atoms with E-state index in [-0.39, 0.29) is 11.3 Å². The summed E-state index contributed by atoms with van der Waals surface area (Å²) < 4.78 is 2.26. The fourth-order valence-electron chi connectivity index (χ4n) is 4.46. The fraction of sp³-hybridized carbons (Fsp3) is 0.520. The molecular formula is C25H34N2O2. The molecule has 0 spiro atoms. The first-order chi connectivity index (χ1) is 14.0. The van der Waals surface area contributed by atoms with Crippen molar-refractivity contribution in [3.8, 4) is 0 Å². The zero-order valence-corrected chi connectivity index (χ0v) is 18.1. The maximum atomic E-state index is 13.2. The van der Waals surface area contributed by atoms with Crippen molar-refractivity contribution in [1.29, 1.82) is 0 Å². The first-order valence-corrected chi connectivity index (χ1v) is 11.1. The number of pyridine rings is 1. The number of nitrogens with one attached hydrogen (secondary N) is 1. The second-order valence-electron chi connectivity index (χ2n) is 8.46. The number of carbonyl (C=O) groups is 1. The lowest BCUT2D eigenvalue weighted by molar-refractivity contribution is 0.102. The highest BCUT2D eigenvalue weighted by Crippen LogP contribution is 2.27. The van der Waals surface area contributed by atoms with Crippen LogP contribution in [0, 0.1) is 19.8 Å². The largest absolute Gasteiger partial charge is 0.348 e. The van der Waals surface area contributed by atoms with E-state index < -0.39 is 0 Å². The molecule has 29 heavy (non-hydrogen) atoms. The van der Waals surface area contributed by atoms with E-state index in [0.717, 1.165) is 48.4 Å². The minimum absolute atomic E-state index is 0.167. The first kappa shape index (κ1) is 21.4. The van der Waals surface area contributed by atoms with Gasteiger partial charge in [0.25, 0.3) is 5.91 Å². The Balaban J connectivity index is 1.99. The Bertz CT molecular complexity index is 908. The predicted octanol–water partition coefficient (Wildman–Crippen LogP) is 5.64. The van der Waals surface area contributed by atoms with Gasteiger partial charge >= 0.3 is 0 Å². The van der Waals surface area contributed by atoms with Gasteiger partial charge in [-0.2, -0.15) is 0 Å². The number of anilines is 1. The van der Waals surface area contributed by atoms with Crippen molar-refractivity contribution in [3.63, 3.8) is 0 Å². The van der Waals surface area contributed by atoms with E-state index in [1.165, 1.54) is 32.1 Å². The third-order valence-electron chi connectivity index (χ3n) is 6.18. The number of nitrogens with zero attached hydrogens (tertiary/aromatic N) is 1. The van der Waals surface area contributed by atoms with Crippen LogP contribution in [0.4, 0.5) is 5.69 Å². The van der Waals surface area contributed by atoms with E-state index >= 15 is 0 Å². The Morgan fingerprint density at radius 2 is 1.86 bits per heavy atom. The van der Waals surface area contributed by atoms with Crippen LogP contribution >= 0.6 is 0 Å². The Morgan fingerprint density at radius 1 is 1.14 bits per heavy atom. The number of para-hydroxylation sites is 1. The highest BCUT2D eigenvalue weighted by Gasteiger charge is 2.23. The molecule has 1 saturated carbocycles. The zero-order chi connectivity index (χ0) is 20.8. The average molecular weight is 395 g/mol. The molecule has 1 aromatic heterocycles. The Morgan fingerprint density at radius 3 is 2.55 bits per heavy atom. The summed E-state index contributed by atoms with van der Waals surface area (Å²) in [5, 5.41) is 2.98. The molecular weight excluding hydrogens is 360 g/mol. The van der Waals surface area contributed by atoms with E-state index in [1.807, 2.05) is 38.1 Å². The number of benzene rings is 1. The van der Waals surface area contributed by atoms with Crippen LogP contribution in [0.2, 0.25) is 0 Å². The summed E-state index contributed by atoms with van der Waals surface area (Å²) in [5.74, 6) is 0.352. The summed E-state index contributed by atoms with van der Waals surface area (Å²) in [5.41, 5.74) is 3.79. The summed E-state index contributed by atoms with van der Waals surface area (Å²) in [6.45, 7) is 7.02. The van der Waals surface area contributed by atoms with Gasteiger partial charge in [0.05, 0.1) is 0 Å². The molecule has 3 rings (SSSR count). The summed E-state index contributed by atoms with van der Waals surface area (Å²) in [4.78, 5) is 26.1. The molecule has 2 aromatic rings. The molecule has 1 aliphatic carbocycles. The fourth-order valence-corrected chi connectivity index (χ4v) is 4.46. The van der Waals surface area contributed by atoms with Gasteiger partial charge in [-0.25, -0.2) is 0 Å². The van der Waals surface area contributed by atoms with Crippen molar-refractivity contribution in [2.24, 2.45) is 5.92 Å². The van der Waals surface area contributed by atoms with E-state index in [1.54, 1.807) is 6.07 Å². The normalized spacial score (nSPS) is 14.7. The summed E-state index contributed by atoms with van der Waals surface area (Å²) >= 11 is 0. The SMILES string of the molecule is CCCCc1c(C(=O)Nc2ccccc2C)c(=O)cc(C)n1CC1CCCCC1. The number of aryl methyl sites for hydroxylation is 2. The Kier molecular flexibility index (Phi) is 7.29. The van der Waals surface area contributed by atoms with Crippen LogP contribution in [-0.4, -0.2) is 10.5 Å². The van der Waals surface area contributed by atoms with Gasteiger partial charge in [-0.05, 0) is 57.1 Å². The minimum Gasteiger partial charge on any atom is -0.348 e. The van der Waals surface area contributed by atoms with Gasteiger partial charge in [-0.15, -0.1) is 0 Å². The molecule has 0 radical (unpaired) electrons. The standard InChI is InChI=1S/C25H34N2O2/c1-4-5-15-22-24(25(29)26-21-14-10-9-11-18(21)2)23(28)16-19(3)27(22)17-20-12-7-6-8-13-20/h9-11,14,16,20H,4-8,12-13,15,17H2,1-3H3,(H,26,29). The number of carbonyl (C=O) groups excluding carboxylic acids is 1. The maximum Gasteiger partial charge on any atom is 0.261 e. The molecule has 0 unspecified atom stereocenters. The van der Waals surface area contributed by atoms with Crippen LogP contribution in [-0.2, 0) is 13.0 Å². The monoisotopic (exact) mass is 394 g/mol. The van der Waals surface area contributed by atoms with Crippen LogP contribution in [0.1, 0.15) is 79.2 Å². The highest BCUT2D eigenvalue weighted by molar-refractivity contribution is 6.05. The molecule has 1 amide bonds.